The Morgan fingerprint density at radius 3 is 2.33 bits per heavy atom. The van der Waals surface area contributed by atoms with Crippen LogP contribution in [0.2, 0.25) is 0 Å². The number of hydrogen-bond donors (Lipinski definition) is 0. The summed E-state index contributed by atoms with van der Waals surface area (Å²) in [6.45, 7) is 4.46. The molecule has 0 spiro atoms. The predicted octanol–water partition coefficient (Wildman–Crippen LogP) is 6.15. The van der Waals surface area contributed by atoms with Gasteiger partial charge in [-0.2, -0.15) is 0 Å². The molecule has 0 saturated heterocycles. The molecule has 0 aliphatic carbocycles. The number of rotatable bonds is 4. The highest BCUT2D eigenvalue weighted by Crippen LogP contribution is 2.30. The van der Waals surface area contributed by atoms with Gasteiger partial charge >= 0.3 is 0 Å². The molecule has 106 valence electrons. The quantitative estimate of drug-likeness (QED) is 0.555. The van der Waals surface area contributed by atoms with Crippen molar-refractivity contribution in [3.63, 3.8) is 0 Å². The van der Waals surface area contributed by atoms with Gasteiger partial charge in [0, 0.05) is 5.39 Å². The van der Waals surface area contributed by atoms with E-state index in [4.69, 9.17) is 4.74 Å². The smallest absolute Gasteiger partial charge is 0.135 e. The van der Waals surface area contributed by atoms with Gasteiger partial charge in [0.25, 0.3) is 0 Å². The van der Waals surface area contributed by atoms with E-state index < -0.39 is 0 Å². The summed E-state index contributed by atoms with van der Waals surface area (Å²) in [5.74, 6) is 2.39. The molecule has 0 aromatic heterocycles. The van der Waals surface area contributed by atoms with Crippen LogP contribution in [0.3, 0.4) is 0 Å². The molecule has 0 fully saturated rings. The molecule has 0 saturated carbocycles. The molecule has 0 amide bonds. The molecule has 1 unspecified atom stereocenters. The second-order valence-corrected chi connectivity index (χ2v) is 5.46. The fourth-order valence-corrected chi connectivity index (χ4v) is 2.51. The molecule has 3 rings (SSSR count). The summed E-state index contributed by atoms with van der Waals surface area (Å²) >= 11 is 0. The van der Waals surface area contributed by atoms with Gasteiger partial charge in [0.05, 0.1) is 0 Å². The van der Waals surface area contributed by atoms with Crippen molar-refractivity contribution in [2.75, 3.05) is 0 Å². The Hall–Kier alpha value is -2.28. The first kappa shape index (κ1) is 13.7. The van der Waals surface area contributed by atoms with Crippen molar-refractivity contribution in [2.24, 2.45) is 0 Å². The molecule has 1 atom stereocenters. The van der Waals surface area contributed by atoms with E-state index in [1.54, 1.807) is 0 Å². The van der Waals surface area contributed by atoms with Crippen molar-refractivity contribution < 1.29 is 4.74 Å². The van der Waals surface area contributed by atoms with Gasteiger partial charge < -0.3 is 4.74 Å². The molecule has 0 heterocycles. The van der Waals surface area contributed by atoms with Crippen LogP contribution in [-0.2, 0) is 0 Å². The van der Waals surface area contributed by atoms with Crippen LogP contribution in [0.4, 0.5) is 0 Å². The van der Waals surface area contributed by atoms with Gasteiger partial charge in [0.15, 0.2) is 0 Å². The van der Waals surface area contributed by atoms with Crippen molar-refractivity contribution in [3.05, 3.63) is 72.3 Å². The summed E-state index contributed by atoms with van der Waals surface area (Å²) in [4.78, 5) is 0. The Bertz CT molecular complexity index is 723. The molecule has 0 aliphatic rings. The van der Waals surface area contributed by atoms with Crippen molar-refractivity contribution in [3.8, 4) is 11.5 Å². The highest BCUT2D eigenvalue weighted by molar-refractivity contribution is 5.88. The van der Waals surface area contributed by atoms with Crippen LogP contribution in [-0.4, -0.2) is 0 Å². The average molecular weight is 276 g/mol. The molecule has 0 N–H and O–H groups in total. The summed E-state index contributed by atoms with van der Waals surface area (Å²) in [7, 11) is 0. The molecule has 1 heteroatoms. The van der Waals surface area contributed by atoms with Gasteiger partial charge in [-0.1, -0.05) is 62.4 Å². The molecule has 3 aromatic rings. The molecular weight excluding hydrogens is 256 g/mol. The minimum atomic E-state index is 0.594. The molecule has 0 radical (unpaired) electrons. The Morgan fingerprint density at radius 1 is 0.857 bits per heavy atom. The largest absolute Gasteiger partial charge is 0.457 e. The van der Waals surface area contributed by atoms with Gasteiger partial charge in [-0.05, 0) is 41.5 Å². The van der Waals surface area contributed by atoms with Gasteiger partial charge in [-0.25, -0.2) is 0 Å². The maximum atomic E-state index is 6.06. The summed E-state index contributed by atoms with van der Waals surface area (Å²) < 4.78 is 6.06. The lowest BCUT2D eigenvalue weighted by molar-refractivity contribution is 0.488. The molecule has 21 heavy (non-hydrogen) atoms. The number of ether oxygens (including phenoxy) is 1. The normalized spacial score (nSPS) is 12.3. The summed E-state index contributed by atoms with van der Waals surface area (Å²) in [6.07, 6.45) is 1.16. The highest BCUT2D eigenvalue weighted by atomic mass is 16.5. The summed E-state index contributed by atoms with van der Waals surface area (Å²) in [5, 5.41) is 2.34. The van der Waals surface area contributed by atoms with E-state index in [0.717, 1.165) is 23.3 Å². The minimum absolute atomic E-state index is 0.594. The zero-order chi connectivity index (χ0) is 14.7. The highest BCUT2D eigenvalue weighted by Gasteiger charge is 2.05. The van der Waals surface area contributed by atoms with Gasteiger partial charge in [-0.3, -0.25) is 0 Å². The van der Waals surface area contributed by atoms with E-state index in [9.17, 15) is 0 Å². The Kier molecular flexibility index (Phi) is 3.92. The predicted molar refractivity (Wildman–Crippen MR) is 89.2 cm³/mol. The third kappa shape index (κ3) is 2.92. The summed E-state index contributed by atoms with van der Waals surface area (Å²) in [6, 6.07) is 22.9. The van der Waals surface area contributed by atoms with Crippen molar-refractivity contribution in [1.29, 1.82) is 0 Å². The van der Waals surface area contributed by atoms with Gasteiger partial charge in [0.2, 0.25) is 0 Å². The fraction of sp³-hybridized carbons (Fsp3) is 0.200. The second kappa shape index (κ2) is 6.01. The topological polar surface area (TPSA) is 9.23 Å². The lowest BCUT2D eigenvalue weighted by Crippen LogP contribution is -1.91. The molecular formula is C20H20O. The van der Waals surface area contributed by atoms with Crippen LogP contribution in [0.15, 0.2) is 66.7 Å². The van der Waals surface area contributed by atoms with E-state index in [-0.39, 0.29) is 0 Å². The maximum Gasteiger partial charge on any atom is 0.135 e. The summed E-state index contributed by atoms with van der Waals surface area (Å²) in [5.41, 5.74) is 1.36. The zero-order valence-electron chi connectivity index (χ0n) is 12.5. The Labute approximate surface area is 126 Å². The lowest BCUT2D eigenvalue weighted by atomic mass is 9.99. The van der Waals surface area contributed by atoms with E-state index in [1.807, 2.05) is 24.3 Å². The first-order valence-corrected chi connectivity index (χ1v) is 7.53. The van der Waals surface area contributed by atoms with Crippen LogP contribution in [0.25, 0.3) is 10.8 Å². The van der Waals surface area contributed by atoms with E-state index in [2.05, 4.69) is 56.3 Å². The first-order chi connectivity index (χ1) is 10.3. The van der Waals surface area contributed by atoms with Crippen LogP contribution in [0, 0.1) is 0 Å². The van der Waals surface area contributed by atoms with Gasteiger partial charge in [0.1, 0.15) is 11.5 Å². The van der Waals surface area contributed by atoms with Crippen LogP contribution in [0.5, 0.6) is 11.5 Å². The van der Waals surface area contributed by atoms with E-state index in [0.29, 0.717) is 5.92 Å². The third-order valence-electron chi connectivity index (χ3n) is 4.04. The first-order valence-electron chi connectivity index (χ1n) is 7.53. The monoisotopic (exact) mass is 276 g/mol. The SMILES string of the molecule is CCC(C)c1ccc(Oc2cccc3ccccc23)cc1. The Balaban J connectivity index is 1.88. The minimum Gasteiger partial charge on any atom is -0.457 e. The standard InChI is InChI=1S/C20H20O/c1-3-15(2)16-11-13-18(14-12-16)21-20-10-6-8-17-7-4-5-9-19(17)20/h4-15H,3H2,1-2H3. The van der Waals surface area contributed by atoms with Crippen molar-refractivity contribution in [2.45, 2.75) is 26.2 Å². The zero-order valence-corrected chi connectivity index (χ0v) is 12.5. The Morgan fingerprint density at radius 2 is 1.57 bits per heavy atom. The maximum absolute atomic E-state index is 6.06. The van der Waals surface area contributed by atoms with Crippen molar-refractivity contribution in [1.82, 2.24) is 0 Å². The molecule has 0 bridgehead atoms. The van der Waals surface area contributed by atoms with E-state index in [1.165, 1.54) is 10.9 Å². The van der Waals surface area contributed by atoms with E-state index >= 15 is 0 Å². The molecule has 0 aliphatic heterocycles. The molecule has 1 nitrogen and oxygen atoms in total. The third-order valence-corrected chi connectivity index (χ3v) is 4.04. The average Bonchev–Trinajstić information content (AvgIpc) is 2.55. The van der Waals surface area contributed by atoms with Crippen LogP contribution >= 0.6 is 0 Å². The number of benzene rings is 3. The number of hydrogen-bond acceptors (Lipinski definition) is 1. The lowest BCUT2D eigenvalue weighted by Gasteiger charge is -2.12. The number of fused-ring (bicyclic) bond motifs is 1. The van der Waals surface area contributed by atoms with Crippen LogP contribution < -0.4 is 4.74 Å². The van der Waals surface area contributed by atoms with Crippen molar-refractivity contribution >= 4 is 10.8 Å². The molecule has 3 aromatic carbocycles. The van der Waals surface area contributed by atoms with Crippen LogP contribution in [0.1, 0.15) is 31.7 Å². The van der Waals surface area contributed by atoms with Gasteiger partial charge in [-0.15, -0.1) is 0 Å². The fourth-order valence-electron chi connectivity index (χ4n) is 2.51. The second-order valence-electron chi connectivity index (χ2n) is 5.46.